The molecule has 0 aliphatic rings. The van der Waals surface area contributed by atoms with E-state index >= 15 is 0 Å². The molecule has 0 fully saturated rings. The van der Waals surface area contributed by atoms with Crippen molar-refractivity contribution in [1.82, 2.24) is 9.36 Å². The standard InChI is InChI=1S/C7H8N4O5S/c1-15-7(14)9-6-8-4(11-17-6)3(5(12)13)10-16-2/h1-2H3,(H,12,13)(H,8,9,11,14). The van der Waals surface area contributed by atoms with Crippen molar-refractivity contribution >= 4 is 34.4 Å². The van der Waals surface area contributed by atoms with Crippen LogP contribution in [0.5, 0.6) is 0 Å². The third kappa shape index (κ3) is 3.38. The van der Waals surface area contributed by atoms with Gasteiger partial charge >= 0.3 is 12.1 Å². The number of aliphatic carboxylic acids is 1. The summed E-state index contributed by atoms with van der Waals surface area (Å²) in [6.07, 6.45) is -0.728. The first-order valence-corrected chi connectivity index (χ1v) is 4.89. The fraction of sp³-hybridized carbons (Fsp3) is 0.286. The van der Waals surface area contributed by atoms with E-state index in [-0.39, 0.29) is 11.0 Å². The Hall–Kier alpha value is -2.23. The SMILES string of the molecule is CON=C(C(=O)O)c1nsc(NC(=O)OC)n1. The number of rotatable bonds is 4. The second kappa shape index (κ2) is 5.75. The fourth-order valence-corrected chi connectivity index (χ4v) is 1.33. The van der Waals surface area contributed by atoms with Gasteiger partial charge in [0.1, 0.15) is 7.11 Å². The van der Waals surface area contributed by atoms with Gasteiger partial charge < -0.3 is 14.7 Å². The second-order valence-electron chi connectivity index (χ2n) is 2.47. The van der Waals surface area contributed by atoms with E-state index in [0.717, 1.165) is 11.5 Å². The molecule has 0 aliphatic heterocycles. The van der Waals surface area contributed by atoms with Gasteiger partial charge in [0.2, 0.25) is 16.7 Å². The Bertz CT molecular complexity index is 457. The lowest BCUT2D eigenvalue weighted by Gasteiger charge is -1.96. The summed E-state index contributed by atoms with van der Waals surface area (Å²) in [5, 5.41) is 14.4. The summed E-state index contributed by atoms with van der Waals surface area (Å²) in [7, 11) is 2.38. The third-order valence-electron chi connectivity index (χ3n) is 1.42. The van der Waals surface area contributed by atoms with E-state index < -0.39 is 17.8 Å². The molecule has 0 aromatic carbocycles. The summed E-state index contributed by atoms with van der Waals surface area (Å²) < 4.78 is 8.05. The van der Waals surface area contributed by atoms with Gasteiger partial charge in [0, 0.05) is 11.5 Å². The van der Waals surface area contributed by atoms with Gasteiger partial charge in [0.05, 0.1) is 7.11 Å². The Morgan fingerprint density at radius 2 is 2.18 bits per heavy atom. The number of hydrogen-bond acceptors (Lipinski definition) is 8. The van der Waals surface area contributed by atoms with Crippen molar-refractivity contribution in [3.8, 4) is 0 Å². The number of aromatic nitrogens is 2. The average molecular weight is 260 g/mol. The zero-order chi connectivity index (χ0) is 12.8. The van der Waals surface area contributed by atoms with Crippen LogP contribution in [0.25, 0.3) is 0 Å². The molecule has 0 bridgehead atoms. The van der Waals surface area contributed by atoms with Crippen molar-refractivity contribution in [1.29, 1.82) is 0 Å². The first kappa shape index (κ1) is 12.8. The fourth-order valence-electron chi connectivity index (χ4n) is 0.776. The van der Waals surface area contributed by atoms with Crippen molar-refractivity contribution in [3.05, 3.63) is 5.82 Å². The molecule has 0 atom stereocenters. The summed E-state index contributed by atoms with van der Waals surface area (Å²) >= 11 is 0.792. The van der Waals surface area contributed by atoms with Gasteiger partial charge in [0.25, 0.3) is 0 Å². The number of methoxy groups -OCH3 is 1. The summed E-state index contributed by atoms with van der Waals surface area (Å²) in [5.41, 5.74) is -0.457. The number of anilines is 1. The van der Waals surface area contributed by atoms with E-state index in [0.29, 0.717) is 0 Å². The predicted molar refractivity (Wildman–Crippen MR) is 57.1 cm³/mol. The van der Waals surface area contributed by atoms with Gasteiger partial charge in [-0.15, -0.1) is 0 Å². The molecule has 1 aromatic rings. The minimum absolute atomic E-state index is 0.0944. The summed E-state index contributed by atoms with van der Waals surface area (Å²) in [4.78, 5) is 29.7. The van der Waals surface area contributed by atoms with Crippen LogP contribution in [0.3, 0.4) is 0 Å². The maximum atomic E-state index is 10.9. The van der Waals surface area contributed by atoms with E-state index in [9.17, 15) is 9.59 Å². The Labute approximate surface area is 99.2 Å². The molecule has 0 saturated carbocycles. The molecule has 0 radical (unpaired) electrons. The van der Waals surface area contributed by atoms with Crippen molar-refractivity contribution in [2.24, 2.45) is 5.16 Å². The van der Waals surface area contributed by atoms with E-state index in [2.05, 4.69) is 29.4 Å². The van der Waals surface area contributed by atoms with Crippen LogP contribution in [0, 0.1) is 0 Å². The quantitative estimate of drug-likeness (QED) is 0.583. The van der Waals surface area contributed by atoms with Crippen LogP contribution >= 0.6 is 11.5 Å². The molecular weight excluding hydrogens is 252 g/mol. The smallest absolute Gasteiger partial charge is 0.413 e. The number of carboxylic acids is 1. The number of hydrogen-bond donors (Lipinski definition) is 2. The van der Waals surface area contributed by atoms with E-state index in [1.165, 1.54) is 14.2 Å². The van der Waals surface area contributed by atoms with Gasteiger partial charge in [-0.1, -0.05) is 5.16 Å². The van der Waals surface area contributed by atoms with Crippen molar-refractivity contribution < 1.29 is 24.3 Å². The molecule has 1 heterocycles. The monoisotopic (exact) mass is 260 g/mol. The number of nitrogens with zero attached hydrogens (tertiary/aromatic N) is 3. The van der Waals surface area contributed by atoms with Crippen molar-refractivity contribution in [2.45, 2.75) is 0 Å². The largest absolute Gasteiger partial charge is 0.476 e. The Morgan fingerprint density at radius 3 is 2.71 bits per heavy atom. The Balaban J connectivity index is 2.89. The lowest BCUT2D eigenvalue weighted by Crippen LogP contribution is -2.17. The molecule has 0 spiro atoms. The minimum Gasteiger partial charge on any atom is -0.476 e. The van der Waals surface area contributed by atoms with Gasteiger partial charge in [-0.2, -0.15) is 9.36 Å². The molecule has 0 saturated heterocycles. The number of ether oxygens (including phenoxy) is 1. The van der Waals surface area contributed by atoms with Crippen LogP contribution < -0.4 is 5.32 Å². The molecule has 92 valence electrons. The zero-order valence-electron chi connectivity index (χ0n) is 8.83. The number of amides is 1. The highest BCUT2D eigenvalue weighted by molar-refractivity contribution is 7.10. The van der Waals surface area contributed by atoms with E-state index in [1.807, 2.05) is 0 Å². The topological polar surface area (TPSA) is 123 Å². The molecule has 1 amide bonds. The van der Waals surface area contributed by atoms with Crippen LogP contribution in [0.1, 0.15) is 5.82 Å². The Kier molecular flexibility index (Phi) is 4.34. The molecule has 17 heavy (non-hydrogen) atoms. The normalized spacial score (nSPS) is 10.8. The van der Waals surface area contributed by atoms with Crippen LogP contribution in [-0.2, 0) is 14.4 Å². The van der Waals surface area contributed by atoms with Gasteiger partial charge in [0.15, 0.2) is 0 Å². The maximum absolute atomic E-state index is 10.9. The first-order valence-electron chi connectivity index (χ1n) is 4.12. The summed E-state index contributed by atoms with van der Waals surface area (Å²) in [6, 6.07) is 0. The predicted octanol–water partition coefficient (Wildman–Crippen LogP) is 0.152. The molecule has 0 unspecified atom stereocenters. The molecular formula is C7H8N4O5S. The average Bonchev–Trinajstić information content (AvgIpc) is 2.73. The number of carbonyl (C=O) groups excluding carboxylic acids is 1. The molecule has 10 heteroatoms. The highest BCUT2D eigenvalue weighted by Crippen LogP contribution is 2.12. The number of nitrogens with one attached hydrogen (secondary N) is 1. The summed E-state index contributed by atoms with van der Waals surface area (Å²) in [6.45, 7) is 0. The molecule has 9 nitrogen and oxygen atoms in total. The van der Waals surface area contributed by atoms with Gasteiger partial charge in [-0.25, -0.2) is 9.59 Å². The summed E-state index contributed by atoms with van der Waals surface area (Å²) in [5.74, 6) is -1.50. The maximum Gasteiger partial charge on any atom is 0.413 e. The molecule has 1 rings (SSSR count). The van der Waals surface area contributed by atoms with E-state index in [4.69, 9.17) is 5.11 Å². The van der Waals surface area contributed by atoms with Crippen molar-refractivity contribution in [2.75, 3.05) is 19.5 Å². The van der Waals surface area contributed by atoms with Gasteiger partial charge in [-0.3, -0.25) is 5.32 Å². The lowest BCUT2D eigenvalue weighted by atomic mass is 10.4. The molecule has 2 N–H and O–H groups in total. The highest BCUT2D eigenvalue weighted by atomic mass is 32.1. The molecule has 1 aromatic heterocycles. The number of oxime groups is 1. The van der Waals surface area contributed by atoms with Gasteiger partial charge in [-0.05, 0) is 0 Å². The minimum atomic E-state index is -1.34. The third-order valence-corrected chi connectivity index (χ3v) is 2.05. The number of carboxylic acid groups (broad SMARTS) is 1. The van der Waals surface area contributed by atoms with Crippen LogP contribution in [0.2, 0.25) is 0 Å². The van der Waals surface area contributed by atoms with Crippen LogP contribution in [0.15, 0.2) is 5.16 Å². The molecule has 0 aliphatic carbocycles. The van der Waals surface area contributed by atoms with Crippen molar-refractivity contribution in [3.63, 3.8) is 0 Å². The Morgan fingerprint density at radius 1 is 1.47 bits per heavy atom. The second-order valence-corrected chi connectivity index (χ2v) is 3.22. The lowest BCUT2D eigenvalue weighted by molar-refractivity contribution is -0.129. The zero-order valence-corrected chi connectivity index (χ0v) is 9.65. The van der Waals surface area contributed by atoms with Crippen LogP contribution in [-0.4, -0.2) is 46.5 Å². The number of carbonyl (C=O) groups is 2. The van der Waals surface area contributed by atoms with Crippen LogP contribution in [0.4, 0.5) is 9.93 Å². The van der Waals surface area contributed by atoms with E-state index in [1.54, 1.807) is 0 Å². The highest BCUT2D eigenvalue weighted by Gasteiger charge is 2.20. The first-order chi connectivity index (χ1) is 8.08.